The molecule has 1 aliphatic carbocycles. The van der Waals surface area contributed by atoms with Crippen LogP contribution in [0, 0.1) is 0 Å². The van der Waals surface area contributed by atoms with Gasteiger partial charge in [-0.15, -0.1) is 0 Å². The normalized spacial score (nSPS) is 15.6. The SMILES string of the molecule is C.O=C1C=CC(=O)C=C1. The van der Waals surface area contributed by atoms with E-state index in [0.29, 0.717) is 0 Å². The third-order valence-electron chi connectivity index (χ3n) is 0.824. The van der Waals surface area contributed by atoms with Crippen LogP contribution >= 0.6 is 0 Å². The Labute approximate surface area is 53.9 Å². The topological polar surface area (TPSA) is 34.1 Å². The Kier molecular flexibility index (Phi) is 2.58. The summed E-state index contributed by atoms with van der Waals surface area (Å²) in [6.07, 6.45) is 5.01. The molecule has 2 nitrogen and oxygen atoms in total. The minimum absolute atomic E-state index is 0. The Morgan fingerprint density at radius 2 is 1.00 bits per heavy atom. The van der Waals surface area contributed by atoms with Crippen molar-refractivity contribution in [3.8, 4) is 0 Å². The van der Waals surface area contributed by atoms with Crippen LogP contribution in [0.15, 0.2) is 24.3 Å². The van der Waals surface area contributed by atoms with Gasteiger partial charge in [0.05, 0.1) is 0 Å². The second-order valence-electron chi connectivity index (χ2n) is 1.47. The lowest BCUT2D eigenvalue weighted by Crippen LogP contribution is -1.97. The summed E-state index contributed by atoms with van der Waals surface area (Å²) >= 11 is 0. The highest BCUT2D eigenvalue weighted by Gasteiger charge is 1.97. The van der Waals surface area contributed by atoms with E-state index in [4.69, 9.17) is 0 Å². The fourth-order valence-electron chi connectivity index (χ4n) is 0.440. The van der Waals surface area contributed by atoms with Crippen LogP contribution in [0.4, 0.5) is 0 Å². The van der Waals surface area contributed by atoms with Crippen LogP contribution in [-0.4, -0.2) is 11.6 Å². The smallest absolute Gasteiger partial charge is 0.178 e. The Bertz CT molecular complexity index is 149. The van der Waals surface area contributed by atoms with E-state index in [2.05, 4.69) is 0 Å². The van der Waals surface area contributed by atoms with E-state index in [9.17, 15) is 9.59 Å². The summed E-state index contributed by atoms with van der Waals surface area (Å²) in [7, 11) is 0. The molecular formula is C7H8O2. The third-order valence-corrected chi connectivity index (χ3v) is 0.824. The fraction of sp³-hybridized carbons (Fsp3) is 0.143. The second kappa shape index (κ2) is 2.97. The molecule has 0 unspecified atom stereocenters. The first-order valence-corrected chi connectivity index (χ1v) is 2.23. The molecule has 0 aromatic rings. The minimum Gasteiger partial charge on any atom is -0.290 e. The first-order chi connectivity index (χ1) is 3.79. The van der Waals surface area contributed by atoms with Gasteiger partial charge in [-0.1, -0.05) is 7.43 Å². The fourth-order valence-corrected chi connectivity index (χ4v) is 0.440. The molecule has 0 saturated heterocycles. The zero-order valence-electron chi connectivity index (χ0n) is 4.13. The van der Waals surface area contributed by atoms with Crippen LogP contribution in [0.25, 0.3) is 0 Å². The molecule has 0 N–H and O–H groups in total. The van der Waals surface area contributed by atoms with Crippen LogP contribution in [-0.2, 0) is 9.59 Å². The molecule has 2 heteroatoms. The van der Waals surface area contributed by atoms with Gasteiger partial charge in [0.25, 0.3) is 0 Å². The van der Waals surface area contributed by atoms with Gasteiger partial charge in [0.1, 0.15) is 0 Å². The minimum atomic E-state index is -0.121. The van der Waals surface area contributed by atoms with Crippen molar-refractivity contribution in [2.24, 2.45) is 0 Å². The maximum atomic E-state index is 10.3. The molecule has 0 saturated carbocycles. The van der Waals surface area contributed by atoms with Gasteiger partial charge < -0.3 is 0 Å². The molecule has 0 fully saturated rings. The first kappa shape index (κ1) is 7.82. The van der Waals surface area contributed by atoms with Gasteiger partial charge in [0, 0.05) is 0 Å². The van der Waals surface area contributed by atoms with Crippen LogP contribution in [0.3, 0.4) is 0 Å². The van der Waals surface area contributed by atoms with Crippen molar-refractivity contribution < 1.29 is 9.59 Å². The third kappa shape index (κ3) is 2.04. The van der Waals surface area contributed by atoms with Crippen molar-refractivity contribution in [1.82, 2.24) is 0 Å². The van der Waals surface area contributed by atoms with Crippen molar-refractivity contribution in [1.29, 1.82) is 0 Å². The molecule has 0 bridgehead atoms. The molecule has 0 radical (unpaired) electrons. The predicted octanol–water partition coefficient (Wildman–Crippen LogP) is 0.887. The number of carbonyl (C=O) groups excluding carboxylic acids is 2. The predicted molar refractivity (Wildman–Crippen MR) is 35.0 cm³/mol. The number of hydrogen-bond acceptors (Lipinski definition) is 2. The van der Waals surface area contributed by atoms with Gasteiger partial charge in [-0.25, -0.2) is 0 Å². The largest absolute Gasteiger partial charge is 0.290 e. The maximum Gasteiger partial charge on any atom is 0.178 e. The number of ketones is 2. The van der Waals surface area contributed by atoms with E-state index in [1.165, 1.54) is 24.3 Å². The monoisotopic (exact) mass is 124 g/mol. The van der Waals surface area contributed by atoms with E-state index in [0.717, 1.165) is 0 Å². The molecule has 0 atom stereocenters. The van der Waals surface area contributed by atoms with Crippen molar-refractivity contribution in [3.63, 3.8) is 0 Å². The first-order valence-electron chi connectivity index (χ1n) is 2.23. The molecule has 0 aliphatic heterocycles. The van der Waals surface area contributed by atoms with Crippen LogP contribution in [0.5, 0.6) is 0 Å². The van der Waals surface area contributed by atoms with Crippen LogP contribution in [0.2, 0.25) is 0 Å². The molecule has 0 spiro atoms. The van der Waals surface area contributed by atoms with Crippen molar-refractivity contribution in [2.75, 3.05) is 0 Å². The van der Waals surface area contributed by atoms with Gasteiger partial charge in [0.15, 0.2) is 11.6 Å². The van der Waals surface area contributed by atoms with Gasteiger partial charge in [-0.3, -0.25) is 9.59 Å². The number of allylic oxidation sites excluding steroid dienone is 4. The quantitative estimate of drug-likeness (QED) is 0.449. The lowest BCUT2D eigenvalue weighted by molar-refractivity contribution is -0.113. The van der Waals surface area contributed by atoms with E-state index >= 15 is 0 Å². The van der Waals surface area contributed by atoms with Gasteiger partial charge in [-0.2, -0.15) is 0 Å². The summed E-state index contributed by atoms with van der Waals surface area (Å²) in [5.41, 5.74) is 0. The number of rotatable bonds is 0. The summed E-state index contributed by atoms with van der Waals surface area (Å²) in [5.74, 6) is -0.241. The molecule has 0 heterocycles. The standard InChI is InChI=1S/C6H4O2.CH4/c7-5-1-2-6(8)4-3-5;/h1-4H;1H4. The highest BCUT2D eigenvalue weighted by Crippen LogP contribution is 1.90. The van der Waals surface area contributed by atoms with Gasteiger partial charge >= 0.3 is 0 Å². The van der Waals surface area contributed by atoms with E-state index in [1.54, 1.807) is 0 Å². The highest BCUT2D eigenvalue weighted by atomic mass is 16.1. The molecule has 48 valence electrons. The highest BCUT2D eigenvalue weighted by molar-refractivity contribution is 6.14. The Morgan fingerprint density at radius 3 is 1.22 bits per heavy atom. The number of hydrogen-bond donors (Lipinski definition) is 0. The van der Waals surface area contributed by atoms with E-state index in [1.807, 2.05) is 0 Å². The molecule has 0 amide bonds. The van der Waals surface area contributed by atoms with E-state index in [-0.39, 0.29) is 19.0 Å². The summed E-state index contributed by atoms with van der Waals surface area (Å²) < 4.78 is 0. The Hall–Kier alpha value is -1.18. The lowest BCUT2D eigenvalue weighted by Gasteiger charge is -1.87. The zero-order valence-corrected chi connectivity index (χ0v) is 4.13. The van der Waals surface area contributed by atoms with Gasteiger partial charge in [-0.05, 0) is 24.3 Å². The van der Waals surface area contributed by atoms with E-state index < -0.39 is 0 Å². The van der Waals surface area contributed by atoms with Crippen LogP contribution in [0.1, 0.15) is 7.43 Å². The number of carbonyl (C=O) groups is 2. The summed E-state index contributed by atoms with van der Waals surface area (Å²) in [4.78, 5) is 20.6. The molecule has 1 aliphatic rings. The molecule has 0 aromatic heterocycles. The molecule has 0 aromatic carbocycles. The molecule has 9 heavy (non-hydrogen) atoms. The Morgan fingerprint density at radius 1 is 0.778 bits per heavy atom. The summed E-state index contributed by atoms with van der Waals surface area (Å²) in [6, 6.07) is 0. The average molecular weight is 124 g/mol. The van der Waals surface area contributed by atoms with Gasteiger partial charge in [0.2, 0.25) is 0 Å². The second-order valence-corrected chi connectivity index (χ2v) is 1.47. The van der Waals surface area contributed by atoms with Crippen molar-refractivity contribution in [2.45, 2.75) is 7.43 Å². The average Bonchev–Trinajstić information content (AvgIpc) is 1.77. The zero-order chi connectivity index (χ0) is 5.98. The van der Waals surface area contributed by atoms with Crippen molar-refractivity contribution in [3.05, 3.63) is 24.3 Å². The summed E-state index contributed by atoms with van der Waals surface area (Å²) in [5, 5.41) is 0. The molecule has 1 rings (SSSR count). The van der Waals surface area contributed by atoms with Crippen LogP contribution < -0.4 is 0 Å². The lowest BCUT2D eigenvalue weighted by atomic mass is 10.2. The Balaban J connectivity index is 0.000000640. The van der Waals surface area contributed by atoms with Crippen molar-refractivity contribution >= 4 is 11.6 Å². The molecular weight excluding hydrogens is 116 g/mol. The summed E-state index contributed by atoms with van der Waals surface area (Å²) in [6.45, 7) is 0. The maximum absolute atomic E-state index is 10.3.